The maximum absolute atomic E-state index is 14.7. The highest BCUT2D eigenvalue weighted by Gasteiger charge is 2.41. The van der Waals surface area contributed by atoms with Gasteiger partial charge in [-0.1, -0.05) is 87.8 Å². The lowest BCUT2D eigenvalue weighted by molar-refractivity contribution is -0.142. The number of rotatable bonds is 36. The third-order valence-corrected chi connectivity index (χ3v) is 15.8. The van der Waals surface area contributed by atoms with E-state index < -0.39 is 168 Å². The van der Waals surface area contributed by atoms with Crippen LogP contribution in [0.5, 0.6) is 5.75 Å². The molecule has 0 radical (unpaired) electrons. The number of phenols is 1. The topological polar surface area (TPSA) is 470 Å². The van der Waals surface area contributed by atoms with Crippen molar-refractivity contribution in [2.75, 3.05) is 36.3 Å². The molecule has 1 aromatic carbocycles. The molecular weight excluding hydrogens is 1240 g/mol. The fourth-order valence-corrected chi connectivity index (χ4v) is 10.4. The highest BCUT2D eigenvalue weighted by atomic mass is 32.2. The van der Waals surface area contributed by atoms with Crippen molar-refractivity contribution in [3.05, 3.63) is 29.8 Å². The molecule has 30 nitrogen and oxygen atoms in total. The van der Waals surface area contributed by atoms with Crippen molar-refractivity contribution < 1.29 is 77.0 Å². The number of hydrogen-bond donors (Lipinski definition) is 14. The Morgan fingerprint density at radius 3 is 1.62 bits per heavy atom. The molecular formula is C60H98N14O16S2. The van der Waals surface area contributed by atoms with Gasteiger partial charge in [-0.2, -0.15) is 0 Å². The highest BCUT2D eigenvalue weighted by molar-refractivity contribution is 7.99. The summed E-state index contributed by atoms with van der Waals surface area (Å²) in [5, 5.41) is 35.9. The smallest absolute Gasteiger partial charge is 0.408 e. The van der Waals surface area contributed by atoms with Crippen LogP contribution in [0.1, 0.15) is 141 Å². The lowest BCUT2D eigenvalue weighted by atomic mass is 9.96. The molecule has 1 heterocycles. The van der Waals surface area contributed by atoms with E-state index in [9.17, 15) is 72.2 Å². The fourth-order valence-electron chi connectivity index (χ4n) is 8.77. The maximum Gasteiger partial charge on any atom is 0.408 e. The minimum atomic E-state index is -1.87. The van der Waals surface area contributed by atoms with E-state index in [4.69, 9.17) is 21.9 Å². The van der Waals surface area contributed by atoms with E-state index in [-0.39, 0.29) is 79.0 Å². The number of nitrogens with zero attached hydrogens (tertiary/aromatic N) is 1. The zero-order valence-corrected chi connectivity index (χ0v) is 56.7. The zero-order chi connectivity index (χ0) is 70.0. The van der Waals surface area contributed by atoms with Crippen LogP contribution in [0, 0.1) is 22.7 Å². The van der Waals surface area contributed by atoms with Gasteiger partial charge < -0.3 is 85.1 Å². The van der Waals surface area contributed by atoms with Gasteiger partial charge >= 0.3 is 6.09 Å². The molecule has 2 rings (SSSR count). The van der Waals surface area contributed by atoms with E-state index >= 15 is 0 Å². The molecule has 32 heteroatoms. The van der Waals surface area contributed by atoms with E-state index in [0.29, 0.717) is 12.0 Å². The first kappa shape index (κ1) is 80.2. The molecule has 0 aliphatic carbocycles. The first-order chi connectivity index (χ1) is 42.6. The Hall–Kier alpha value is -7.90. The Labute approximate surface area is 546 Å². The summed E-state index contributed by atoms with van der Waals surface area (Å²) >= 11 is 2.10. The Morgan fingerprint density at radius 2 is 1.11 bits per heavy atom. The van der Waals surface area contributed by atoms with Crippen molar-refractivity contribution in [3.63, 3.8) is 0 Å². The second-order valence-electron chi connectivity index (χ2n) is 26.0. The number of nitrogens with one attached hydrogen (secondary N) is 10. The molecule has 9 unspecified atom stereocenters. The van der Waals surface area contributed by atoms with Crippen LogP contribution >= 0.6 is 23.5 Å². The van der Waals surface area contributed by atoms with Crippen LogP contribution < -0.4 is 70.4 Å². The SMILES string of the molecule is CCC(C)C(NC(=O)C(Cc1ccc(O)cc1)NC(=O)C(CSCNC(=O)C(C)(C)C)NC(=O)OC(C)(C)C)C(=O)NC(CCC(N)=O)C(=O)NC(CC(N)=O)C(=O)NC(CSCNC(=O)C(C)(C)C)C(=O)N1CCCC1C(=O)NC(CC(C)C)C(=O)NCC(N)=O. The first-order valence-electron chi connectivity index (χ1n) is 30.4. The number of ether oxygens (including phenoxy) is 1. The van der Waals surface area contributed by atoms with Crippen LogP contribution in [0.4, 0.5) is 4.79 Å². The third kappa shape index (κ3) is 29.6. The number of likely N-dealkylation sites (tertiary alicyclic amines) is 1. The number of primary amides is 3. The summed E-state index contributed by atoms with van der Waals surface area (Å²) in [5.74, 6) is -12.1. The van der Waals surface area contributed by atoms with Gasteiger partial charge in [0.25, 0.3) is 0 Å². The molecule has 0 saturated carbocycles. The average molecular weight is 1340 g/mol. The molecule has 14 amide bonds. The second kappa shape index (κ2) is 37.6. The molecule has 0 aromatic heterocycles. The summed E-state index contributed by atoms with van der Waals surface area (Å²) in [5.41, 5.74) is 14.3. The summed E-state index contributed by atoms with van der Waals surface area (Å²) < 4.78 is 5.42. The number of benzene rings is 1. The van der Waals surface area contributed by atoms with E-state index in [2.05, 4.69) is 53.2 Å². The predicted octanol–water partition coefficient (Wildman–Crippen LogP) is -0.732. The quantitative estimate of drug-likeness (QED) is 0.0291. The van der Waals surface area contributed by atoms with Gasteiger partial charge in [0, 0.05) is 41.7 Å². The lowest BCUT2D eigenvalue weighted by Crippen LogP contribution is -2.62. The van der Waals surface area contributed by atoms with Crippen molar-refractivity contribution >= 4 is 106 Å². The van der Waals surface area contributed by atoms with Gasteiger partial charge in [0.05, 0.1) is 24.7 Å². The summed E-state index contributed by atoms with van der Waals surface area (Å²) in [4.78, 5) is 190. The largest absolute Gasteiger partial charge is 0.508 e. The normalized spacial score (nSPS) is 15.8. The average Bonchev–Trinajstić information content (AvgIpc) is 1.62. The third-order valence-electron chi connectivity index (χ3n) is 14.0. The molecule has 92 heavy (non-hydrogen) atoms. The van der Waals surface area contributed by atoms with Crippen LogP contribution in [0.25, 0.3) is 0 Å². The van der Waals surface area contributed by atoms with Crippen molar-refractivity contribution in [2.24, 2.45) is 39.9 Å². The van der Waals surface area contributed by atoms with E-state index in [0.717, 1.165) is 23.5 Å². The van der Waals surface area contributed by atoms with Crippen molar-refractivity contribution in [1.82, 2.24) is 58.1 Å². The van der Waals surface area contributed by atoms with E-state index in [1.165, 1.54) is 29.2 Å². The standard InChI is InChI=1S/C60H98N14O16S2/c1-14-33(4)46(73-50(82)38(25-34-17-19-35(75)20-18-34)68-51(83)40(72-57(89)90-60(11,12)13)28-91-30-65-55(87)58(5,6)7)53(85)67-36(21-22-43(61)76)48(80)69-39(26-44(62)77)49(81)71-41(29-92-31-66-56(88)59(8,9)10)54(86)74-23-15-16-42(74)52(84)70-37(24-32(2)3)47(79)64-27-45(63)78/h17-20,32-33,36-42,46,75H,14-16,21-31H2,1-13H3,(H2,61,76)(H2,62,77)(H2,63,78)(H,64,79)(H,65,87)(H,66,88)(H,67,85)(H,68,83)(H,69,80)(H,70,84)(H,71,81)(H,72,89)(H,73,82). The van der Waals surface area contributed by atoms with Gasteiger partial charge in [-0.3, -0.25) is 62.3 Å². The second-order valence-corrected chi connectivity index (χ2v) is 28.0. The molecule has 1 aromatic rings. The van der Waals surface area contributed by atoms with Crippen LogP contribution in [-0.4, -0.2) is 183 Å². The molecule has 1 fully saturated rings. The molecule has 1 saturated heterocycles. The predicted molar refractivity (Wildman–Crippen MR) is 344 cm³/mol. The van der Waals surface area contributed by atoms with Crippen LogP contribution in [-0.2, 0) is 73.5 Å². The minimum Gasteiger partial charge on any atom is -0.508 e. The number of alkyl carbamates (subject to hydrolysis) is 1. The van der Waals surface area contributed by atoms with Gasteiger partial charge in [0.2, 0.25) is 76.8 Å². The zero-order valence-electron chi connectivity index (χ0n) is 55.0. The molecule has 0 spiro atoms. The Bertz CT molecular complexity index is 2770. The number of carbonyl (C=O) groups is 14. The number of nitrogens with two attached hydrogens (primary N) is 3. The van der Waals surface area contributed by atoms with Crippen LogP contribution in [0.2, 0.25) is 0 Å². The lowest BCUT2D eigenvalue weighted by Gasteiger charge is -2.31. The van der Waals surface area contributed by atoms with Crippen molar-refractivity contribution in [3.8, 4) is 5.75 Å². The van der Waals surface area contributed by atoms with E-state index in [1.54, 1.807) is 90.0 Å². The summed E-state index contributed by atoms with van der Waals surface area (Å²) in [6.45, 7) is 21.4. The van der Waals surface area contributed by atoms with Gasteiger partial charge in [0.1, 0.15) is 59.7 Å². The summed E-state index contributed by atoms with van der Waals surface area (Å²) in [6.07, 6.45) is -2.27. The minimum absolute atomic E-state index is 0.0140. The molecule has 516 valence electrons. The van der Waals surface area contributed by atoms with Crippen molar-refractivity contribution in [2.45, 2.75) is 195 Å². The van der Waals surface area contributed by atoms with Gasteiger partial charge in [-0.15, -0.1) is 23.5 Å². The maximum atomic E-state index is 14.7. The number of hydrogen-bond acceptors (Lipinski definition) is 18. The number of thioether (sulfide) groups is 2. The fraction of sp³-hybridized carbons (Fsp3) is 0.667. The highest BCUT2D eigenvalue weighted by Crippen LogP contribution is 2.22. The van der Waals surface area contributed by atoms with Crippen LogP contribution in [0.3, 0.4) is 0 Å². The number of aromatic hydroxyl groups is 1. The van der Waals surface area contributed by atoms with Crippen molar-refractivity contribution in [1.29, 1.82) is 0 Å². The summed E-state index contributed by atoms with van der Waals surface area (Å²) in [6, 6.07) is -6.09. The Balaban J connectivity index is 2.59. The first-order valence-corrected chi connectivity index (χ1v) is 32.7. The number of amides is 14. The van der Waals surface area contributed by atoms with E-state index in [1.807, 2.05) is 0 Å². The van der Waals surface area contributed by atoms with Gasteiger partial charge in [-0.05, 0) is 76.0 Å². The Morgan fingerprint density at radius 1 is 0.598 bits per heavy atom. The van der Waals surface area contributed by atoms with Gasteiger partial charge in [0.15, 0.2) is 0 Å². The molecule has 17 N–H and O–H groups in total. The monoisotopic (exact) mass is 1330 g/mol. The molecule has 0 bridgehead atoms. The molecule has 1 aliphatic heterocycles. The number of phenolic OH excluding ortho intramolecular Hbond substituents is 1. The molecule has 1 aliphatic rings. The summed E-state index contributed by atoms with van der Waals surface area (Å²) in [7, 11) is 0. The van der Waals surface area contributed by atoms with Gasteiger partial charge in [-0.25, -0.2) is 4.79 Å². The number of carbonyl (C=O) groups excluding carboxylic acids is 14. The molecule has 9 atom stereocenters. The Kier molecular flexibility index (Phi) is 32.7. The van der Waals surface area contributed by atoms with Crippen LogP contribution in [0.15, 0.2) is 24.3 Å².